The van der Waals surface area contributed by atoms with Crippen molar-refractivity contribution in [3.05, 3.63) is 77.0 Å². The molecule has 3 aromatic rings. The van der Waals surface area contributed by atoms with Crippen molar-refractivity contribution in [3.63, 3.8) is 0 Å². The molecule has 0 fully saturated rings. The lowest BCUT2D eigenvalue weighted by Gasteiger charge is -2.48. The molecule has 1 aliphatic rings. The molecule has 0 saturated heterocycles. The number of alkyl halides is 1. The van der Waals surface area contributed by atoms with Crippen LogP contribution in [0.3, 0.4) is 0 Å². The van der Waals surface area contributed by atoms with Crippen LogP contribution in [0, 0.1) is 11.3 Å². The Morgan fingerprint density at radius 2 is 1.97 bits per heavy atom. The summed E-state index contributed by atoms with van der Waals surface area (Å²) in [6.45, 7) is 6.88. The van der Waals surface area contributed by atoms with Crippen LogP contribution in [0.1, 0.15) is 49.2 Å². The molecule has 4 rings (SSSR count). The van der Waals surface area contributed by atoms with Gasteiger partial charge >= 0.3 is 0 Å². The van der Waals surface area contributed by atoms with E-state index in [0.29, 0.717) is 6.54 Å². The molecule has 0 bridgehead atoms. The lowest BCUT2D eigenvalue weighted by molar-refractivity contribution is 0.0510. The third kappa shape index (κ3) is 4.22. The Hall–Kier alpha value is -2.92. The van der Waals surface area contributed by atoms with Gasteiger partial charge in [-0.05, 0) is 55.0 Å². The Balaban J connectivity index is 1.80. The predicted octanol–water partition coefficient (Wildman–Crippen LogP) is 6.14. The summed E-state index contributed by atoms with van der Waals surface area (Å²) < 4.78 is 18.4. The largest absolute Gasteiger partial charge is 0.481 e. The van der Waals surface area contributed by atoms with E-state index >= 15 is 0 Å². The highest BCUT2D eigenvalue weighted by Crippen LogP contribution is 2.45. The number of aromatic nitrogens is 1. The first-order valence-corrected chi connectivity index (χ1v) is 11.2. The first-order valence-electron chi connectivity index (χ1n) is 11.2. The molecule has 1 aliphatic heterocycles. The maximum Gasteiger partial charge on any atom is 0.205 e. The number of hydrogen-bond acceptors (Lipinski definition) is 3. The highest BCUT2D eigenvalue weighted by molar-refractivity contribution is 5.89. The van der Waals surface area contributed by atoms with Crippen molar-refractivity contribution in [2.45, 2.75) is 38.8 Å². The summed E-state index contributed by atoms with van der Waals surface area (Å²) in [5.41, 5.74) is 5.79. The summed E-state index contributed by atoms with van der Waals surface area (Å²) in [7, 11) is 1.49. The van der Waals surface area contributed by atoms with Gasteiger partial charge in [0, 0.05) is 34.8 Å². The Labute approximate surface area is 189 Å². The molecular formula is C27H32FN3O. The second-order valence-electron chi connectivity index (χ2n) is 9.43. The van der Waals surface area contributed by atoms with Gasteiger partial charge in [-0.1, -0.05) is 49.4 Å². The SMILES string of the molecule is COC(=N)/C=C/c1ccc(C2c3[nH]c4ccccc4c3CC(C)(C)N2C[C@H](C)CF)cc1. The van der Waals surface area contributed by atoms with Crippen molar-refractivity contribution in [1.29, 1.82) is 5.41 Å². The van der Waals surface area contributed by atoms with Crippen LogP contribution < -0.4 is 0 Å². The van der Waals surface area contributed by atoms with Crippen LogP contribution in [0.4, 0.5) is 4.39 Å². The molecule has 0 amide bonds. The molecule has 0 aliphatic carbocycles. The van der Waals surface area contributed by atoms with Crippen LogP contribution in [0.5, 0.6) is 0 Å². The van der Waals surface area contributed by atoms with Gasteiger partial charge in [-0.25, -0.2) is 0 Å². The van der Waals surface area contributed by atoms with E-state index in [4.69, 9.17) is 10.1 Å². The van der Waals surface area contributed by atoms with Crippen molar-refractivity contribution in [1.82, 2.24) is 9.88 Å². The van der Waals surface area contributed by atoms with Gasteiger partial charge in [0.15, 0.2) is 0 Å². The molecular weight excluding hydrogens is 401 g/mol. The minimum atomic E-state index is -0.325. The monoisotopic (exact) mass is 433 g/mol. The molecule has 0 radical (unpaired) electrons. The number of nitrogens with one attached hydrogen (secondary N) is 2. The van der Waals surface area contributed by atoms with E-state index < -0.39 is 0 Å². The average molecular weight is 434 g/mol. The second-order valence-corrected chi connectivity index (χ2v) is 9.43. The van der Waals surface area contributed by atoms with Crippen LogP contribution in [0.2, 0.25) is 0 Å². The normalized spacial score (nSPS) is 19.2. The summed E-state index contributed by atoms with van der Waals surface area (Å²) in [4.78, 5) is 6.15. The van der Waals surface area contributed by atoms with E-state index in [1.807, 2.05) is 13.0 Å². The quantitative estimate of drug-likeness (QED) is 0.363. The number of fused-ring (bicyclic) bond motifs is 3. The standard InChI is InChI=1S/C27H32FN3O/c1-18(16-28)17-31-26(20-12-9-19(10-13-20)11-14-24(29)32-4)25-22(15-27(31,2)3)21-7-5-6-8-23(21)30-25/h5-14,18,26,29-30H,15-17H2,1-4H3/b14-11+,29-24?/t18-,26?/m1/s1. The summed E-state index contributed by atoms with van der Waals surface area (Å²) in [6.07, 6.45) is 4.43. The number of H-pyrrole nitrogens is 1. The van der Waals surface area contributed by atoms with Gasteiger partial charge in [-0.2, -0.15) is 0 Å². The van der Waals surface area contributed by atoms with E-state index in [2.05, 4.69) is 72.3 Å². The first-order chi connectivity index (χ1) is 15.3. The first kappa shape index (κ1) is 22.3. The van der Waals surface area contributed by atoms with Gasteiger partial charge in [0.1, 0.15) is 0 Å². The fourth-order valence-electron chi connectivity index (χ4n) is 4.80. The fourth-order valence-corrected chi connectivity index (χ4v) is 4.80. The maximum atomic E-state index is 13.5. The zero-order chi connectivity index (χ0) is 22.9. The third-order valence-corrected chi connectivity index (χ3v) is 6.49. The van der Waals surface area contributed by atoms with E-state index in [-0.39, 0.29) is 30.1 Å². The molecule has 2 aromatic carbocycles. The third-order valence-electron chi connectivity index (χ3n) is 6.49. The van der Waals surface area contributed by atoms with E-state index in [1.54, 1.807) is 6.08 Å². The van der Waals surface area contributed by atoms with Crippen LogP contribution >= 0.6 is 0 Å². The highest BCUT2D eigenvalue weighted by Gasteiger charge is 2.42. The van der Waals surface area contributed by atoms with Gasteiger partial charge in [0.25, 0.3) is 0 Å². The van der Waals surface area contributed by atoms with Gasteiger partial charge < -0.3 is 9.72 Å². The minimum Gasteiger partial charge on any atom is -0.481 e. The summed E-state index contributed by atoms with van der Waals surface area (Å²) in [5.74, 6) is 0.0853. The van der Waals surface area contributed by atoms with E-state index in [9.17, 15) is 4.39 Å². The van der Waals surface area contributed by atoms with Crippen molar-refractivity contribution in [2.24, 2.45) is 5.92 Å². The molecule has 5 heteroatoms. The smallest absolute Gasteiger partial charge is 0.205 e. The second kappa shape index (κ2) is 8.91. The molecule has 1 aromatic heterocycles. The minimum absolute atomic E-state index is 0.0189. The molecule has 32 heavy (non-hydrogen) atoms. The van der Waals surface area contributed by atoms with E-state index in [1.165, 1.54) is 29.3 Å². The summed E-state index contributed by atoms with van der Waals surface area (Å²) in [6, 6.07) is 16.9. The number of hydrogen-bond donors (Lipinski definition) is 2. The molecule has 0 saturated carbocycles. The highest BCUT2D eigenvalue weighted by atomic mass is 19.1. The van der Waals surface area contributed by atoms with Crippen LogP contribution in [0.25, 0.3) is 17.0 Å². The zero-order valence-corrected chi connectivity index (χ0v) is 19.3. The van der Waals surface area contributed by atoms with Crippen molar-refractivity contribution < 1.29 is 9.13 Å². The fraction of sp³-hybridized carbons (Fsp3) is 0.370. The molecule has 168 valence electrons. The Morgan fingerprint density at radius 1 is 1.25 bits per heavy atom. The zero-order valence-electron chi connectivity index (χ0n) is 19.3. The molecule has 0 spiro atoms. The Bertz CT molecular complexity index is 1130. The number of ether oxygens (including phenoxy) is 1. The van der Waals surface area contributed by atoms with Crippen molar-refractivity contribution in [2.75, 3.05) is 20.3 Å². The lowest BCUT2D eigenvalue weighted by atomic mass is 9.80. The molecule has 2 heterocycles. The molecule has 1 unspecified atom stereocenters. The van der Waals surface area contributed by atoms with Crippen molar-refractivity contribution >= 4 is 22.9 Å². The van der Waals surface area contributed by atoms with Crippen molar-refractivity contribution in [3.8, 4) is 0 Å². The average Bonchev–Trinajstić information content (AvgIpc) is 3.15. The van der Waals surface area contributed by atoms with Gasteiger partial charge in [-0.3, -0.25) is 14.7 Å². The number of benzene rings is 2. The molecule has 4 nitrogen and oxygen atoms in total. The lowest BCUT2D eigenvalue weighted by Crippen LogP contribution is -2.53. The number of nitrogens with zero attached hydrogens (tertiary/aromatic N) is 1. The van der Waals surface area contributed by atoms with Crippen LogP contribution in [-0.2, 0) is 11.2 Å². The summed E-state index contributed by atoms with van der Waals surface area (Å²) in [5, 5.41) is 8.90. The number of methoxy groups -OCH3 is 1. The van der Waals surface area contributed by atoms with Gasteiger partial charge in [0.05, 0.1) is 19.8 Å². The number of para-hydroxylation sites is 1. The number of halogens is 1. The van der Waals surface area contributed by atoms with Gasteiger partial charge in [-0.15, -0.1) is 0 Å². The number of aromatic amines is 1. The molecule has 2 N–H and O–H groups in total. The van der Waals surface area contributed by atoms with Crippen LogP contribution in [0.15, 0.2) is 54.6 Å². The maximum absolute atomic E-state index is 13.5. The summed E-state index contributed by atoms with van der Waals surface area (Å²) >= 11 is 0. The topological polar surface area (TPSA) is 52.1 Å². The van der Waals surface area contributed by atoms with Gasteiger partial charge in [0.2, 0.25) is 5.90 Å². The predicted molar refractivity (Wildman–Crippen MR) is 130 cm³/mol. The molecule has 2 atom stereocenters. The Kier molecular flexibility index (Phi) is 6.20. The number of rotatable bonds is 6. The Morgan fingerprint density at radius 3 is 2.66 bits per heavy atom. The van der Waals surface area contributed by atoms with E-state index in [0.717, 1.165) is 17.5 Å². The van der Waals surface area contributed by atoms with Crippen LogP contribution in [-0.4, -0.2) is 41.6 Å².